The molecule has 6 heteroatoms. The zero-order valence-electron chi connectivity index (χ0n) is 11.4. The van der Waals surface area contributed by atoms with Crippen LogP contribution in [0.25, 0.3) is 0 Å². The van der Waals surface area contributed by atoms with Gasteiger partial charge in [-0.25, -0.2) is 13.1 Å². The quantitative estimate of drug-likeness (QED) is 0.841. The Balaban J connectivity index is 3.00. The summed E-state index contributed by atoms with van der Waals surface area (Å²) >= 11 is 0. The van der Waals surface area contributed by atoms with Crippen LogP contribution in [0.4, 0.5) is 0 Å². The molecular formula is C14H16N2O3S. The molecule has 0 heterocycles. The molecular weight excluding hydrogens is 276 g/mol. The molecule has 1 rings (SSSR count). The second-order valence-corrected chi connectivity index (χ2v) is 5.90. The summed E-state index contributed by atoms with van der Waals surface area (Å²) in [4.78, 5) is 11.5. The van der Waals surface area contributed by atoms with Gasteiger partial charge in [-0.05, 0) is 37.1 Å². The Morgan fingerprint density at radius 3 is 2.75 bits per heavy atom. The van der Waals surface area contributed by atoms with E-state index in [4.69, 9.17) is 5.26 Å². The van der Waals surface area contributed by atoms with Crippen LogP contribution in [0.5, 0.6) is 0 Å². The zero-order valence-corrected chi connectivity index (χ0v) is 12.2. The van der Waals surface area contributed by atoms with Crippen LogP contribution in [0.2, 0.25) is 0 Å². The summed E-state index contributed by atoms with van der Waals surface area (Å²) in [7, 11) is -3.96. The van der Waals surface area contributed by atoms with Gasteiger partial charge in [-0.15, -0.1) is 0 Å². The highest BCUT2D eigenvalue weighted by Gasteiger charge is 2.19. The van der Waals surface area contributed by atoms with Crippen LogP contribution in [0.3, 0.4) is 0 Å². The fourth-order valence-corrected chi connectivity index (χ4v) is 2.75. The van der Waals surface area contributed by atoms with Crippen LogP contribution >= 0.6 is 0 Å². The van der Waals surface area contributed by atoms with Crippen molar-refractivity contribution in [1.29, 1.82) is 5.26 Å². The summed E-state index contributed by atoms with van der Waals surface area (Å²) < 4.78 is 26.1. The summed E-state index contributed by atoms with van der Waals surface area (Å²) in [6.07, 6.45) is 4.39. The number of amides is 1. The lowest BCUT2D eigenvalue weighted by Crippen LogP contribution is -2.29. The van der Waals surface area contributed by atoms with Crippen LogP contribution in [-0.4, -0.2) is 14.3 Å². The molecule has 0 aliphatic heterocycles. The highest BCUT2D eigenvalue weighted by molar-refractivity contribution is 7.90. The molecule has 0 bridgehead atoms. The predicted molar refractivity (Wildman–Crippen MR) is 75.3 cm³/mol. The Morgan fingerprint density at radius 2 is 2.15 bits per heavy atom. The fourth-order valence-electron chi connectivity index (χ4n) is 1.54. The second kappa shape index (κ2) is 6.87. The minimum Gasteiger partial charge on any atom is -0.269 e. The lowest BCUT2D eigenvalue weighted by molar-refractivity contribution is -0.114. The number of nitrogens with zero attached hydrogens (tertiary/aromatic N) is 1. The van der Waals surface area contributed by atoms with Crippen LogP contribution < -0.4 is 4.72 Å². The van der Waals surface area contributed by atoms with Gasteiger partial charge in [0.25, 0.3) is 15.9 Å². The van der Waals surface area contributed by atoms with Gasteiger partial charge >= 0.3 is 0 Å². The molecule has 0 saturated heterocycles. The van der Waals surface area contributed by atoms with Gasteiger partial charge in [0, 0.05) is 0 Å². The molecule has 1 N–H and O–H groups in total. The second-order valence-electron chi connectivity index (χ2n) is 4.25. The van der Waals surface area contributed by atoms with Crippen LogP contribution in [0, 0.1) is 18.3 Å². The van der Waals surface area contributed by atoms with Gasteiger partial charge in [-0.2, -0.15) is 5.26 Å². The van der Waals surface area contributed by atoms with E-state index in [9.17, 15) is 13.2 Å². The van der Waals surface area contributed by atoms with E-state index in [0.717, 1.165) is 6.42 Å². The number of unbranched alkanes of at least 4 members (excludes halogenated alkanes) is 1. The largest absolute Gasteiger partial charge is 0.269 e. The fraction of sp³-hybridized carbons (Fsp3) is 0.286. The number of nitriles is 1. The monoisotopic (exact) mass is 292 g/mol. The average molecular weight is 292 g/mol. The Morgan fingerprint density at radius 1 is 1.45 bits per heavy atom. The zero-order chi connectivity index (χ0) is 15.2. The minimum atomic E-state index is -3.96. The molecule has 0 saturated carbocycles. The number of aryl methyl sites for hydroxylation is 1. The number of hydrogen-bond acceptors (Lipinski definition) is 4. The molecule has 1 aromatic carbocycles. The first-order valence-corrected chi connectivity index (χ1v) is 7.63. The minimum absolute atomic E-state index is 0.0613. The van der Waals surface area contributed by atoms with E-state index in [2.05, 4.69) is 0 Å². The number of nitrogens with one attached hydrogen (secondary N) is 1. The smallest absolute Gasteiger partial charge is 0.264 e. The van der Waals surface area contributed by atoms with Crippen LogP contribution in [0.15, 0.2) is 35.2 Å². The van der Waals surface area contributed by atoms with Gasteiger partial charge in [0.1, 0.15) is 0 Å². The Kier molecular flexibility index (Phi) is 5.47. The van der Waals surface area contributed by atoms with Crippen LogP contribution in [-0.2, 0) is 14.8 Å². The van der Waals surface area contributed by atoms with E-state index in [-0.39, 0.29) is 10.5 Å². The van der Waals surface area contributed by atoms with Gasteiger partial charge in [0.2, 0.25) is 0 Å². The summed E-state index contributed by atoms with van der Waals surface area (Å²) in [6, 6.07) is 6.18. The number of allylic oxidation sites excluding steroid dienone is 1. The van der Waals surface area contributed by atoms with E-state index in [0.29, 0.717) is 12.0 Å². The third-order valence-electron chi connectivity index (χ3n) is 2.57. The molecule has 0 spiro atoms. The topological polar surface area (TPSA) is 87.0 Å². The predicted octanol–water partition coefficient (Wildman–Crippen LogP) is 2.03. The van der Waals surface area contributed by atoms with E-state index in [1.165, 1.54) is 24.3 Å². The van der Waals surface area contributed by atoms with Gasteiger partial charge < -0.3 is 0 Å². The maximum absolute atomic E-state index is 12.1. The molecule has 0 radical (unpaired) electrons. The van der Waals surface area contributed by atoms with E-state index in [1.807, 2.05) is 17.7 Å². The molecule has 1 amide bonds. The highest BCUT2D eigenvalue weighted by atomic mass is 32.2. The number of sulfonamides is 1. The molecule has 0 unspecified atom stereocenters. The molecule has 0 aliphatic carbocycles. The Bertz CT molecular complexity index is 670. The highest BCUT2D eigenvalue weighted by Crippen LogP contribution is 2.16. The number of rotatable bonds is 5. The first kappa shape index (κ1) is 15.9. The molecule has 0 aromatic heterocycles. The maximum Gasteiger partial charge on any atom is 0.264 e. The molecule has 106 valence electrons. The van der Waals surface area contributed by atoms with E-state index < -0.39 is 15.9 Å². The number of carbonyl (C=O) groups excluding carboxylic acids is 1. The van der Waals surface area contributed by atoms with E-state index in [1.54, 1.807) is 13.0 Å². The summed E-state index contributed by atoms with van der Waals surface area (Å²) in [5.41, 5.74) is 0.701. The number of hydrogen-bond donors (Lipinski definition) is 1. The number of carbonyl (C=O) groups is 1. The average Bonchev–Trinajstić information content (AvgIpc) is 2.38. The third kappa shape index (κ3) is 4.21. The molecule has 0 aliphatic rings. The molecule has 0 atom stereocenters. The summed E-state index contributed by atoms with van der Waals surface area (Å²) in [6.45, 7) is 3.56. The van der Waals surface area contributed by atoms with Crippen molar-refractivity contribution in [2.24, 2.45) is 0 Å². The summed E-state index contributed by atoms with van der Waals surface area (Å²) in [5.74, 6) is -0.694. The van der Waals surface area contributed by atoms with Crippen molar-refractivity contribution in [3.8, 4) is 6.07 Å². The third-order valence-corrected chi connectivity index (χ3v) is 4.06. The first-order chi connectivity index (χ1) is 9.40. The number of benzene rings is 1. The maximum atomic E-state index is 12.1. The normalized spacial score (nSPS) is 11.2. The lowest BCUT2D eigenvalue weighted by atomic mass is 10.2. The van der Waals surface area contributed by atoms with Crippen molar-refractivity contribution in [2.45, 2.75) is 31.6 Å². The van der Waals surface area contributed by atoms with Crippen molar-refractivity contribution < 1.29 is 13.2 Å². The first-order valence-electron chi connectivity index (χ1n) is 6.14. The molecule has 20 heavy (non-hydrogen) atoms. The lowest BCUT2D eigenvalue weighted by Gasteiger charge is -2.08. The molecule has 1 aromatic rings. The Hall–Kier alpha value is -2.13. The van der Waals surface area contributed by atoms with Crippen molar-refractivity contribution >= 4 is 15.9 Å². The van der Waals surface area contributed by atoms with Gasteiger partial charge in [-0.1, -0.05) is 25.5 Å². The van der Waals surface area contributed by atoms with Crippen molar-refractivity contribution in [3.05, 3.63) is 41.5 Å². The standard InChI is InChI=1S/C14H16N2O3S/c1-3-4-5-6-14(17)16-20(18,19)13-9-12(10-15)8-7-11(13)2/h5-9H,3-4H2,1-2H3,(H,16,17)/b6-5+. The Labute approximate surface area is 119 Å². The molecule has 5 nitrogen and oxygen atoms in total. The van der Waals surface area contributed by atoms with Gasteiger partial charge in [-0.3, -0.25) is 4.79 Å². The van der Waals surface area contributed by atoms with Crippen molar-refractivity contribution in [3.63, 3.8) is 0 Å². The van der Waals surface area contributed by atoms with Gasteiger partial charge in [0.05, 0.1) is 16.5 Å². The van der Waals surface area contributed by atoms with Crippen LogP contribution in [0.1, 0.15) is 30.9 Å². The molecule has 0 fully saturated rings. The van der Waals surface area contributed by atoms with Gasteiger partial charge in [0.15, 0.2) is 0 Å². The van der Waals surface area contributed by atoms with E-state index >= 15 is 0 Å². The summed E-state index contributed by atoms with van der Waals surface area (Å²) in [5, 5.41) is 8.80. The SMILES string of the molecule is CCC/C=C/C(=O)NS(=O)(=O)c1cc(C#N)ccc1C. The van der Waals surface area contributed by atoms with Crippen molar-refractivity contribution in [2.75, 3.05) is 0 Å². The van der Waals surface area contributed by atoms with Crippen molar-refractivity contribution in [1.82, 2.24) is 4.72 Å².